The van der Waals surface area contributed by atoms with Gasteiger partial charge in [0.25, 0.3) is 0 Å². The first-order chi connectivity index (χ1) is 0. The van der Waals surface area contributed by atoms with Crippen molar-refractivity contribution in [2.45, 2.75) is 0 Å². The van der Waals surface area contributed by atoms with E-state index in [1.807, 2.05) is 0 Å². The van der Waals surface area contributed by atoms with E-state index in [4.69, 9.17) is 0 Å². The molecule has 0 rings (SSSR count). The largest absolute Gasteiger partial charge is 0.344 e. The van der Waals surface area contributed by atoms with Crippen molar-refractivity contribution in [2.24, 2.45) is 0 Å². The summed E-state index contributed by atoms with van der Waals surface area (Å²) in [7, 11) is 0. The van der Waals surface area contributed by atoms with Crippen LogP contribution in [-0.2, 0) is 17.1 Å². The molecule has 0 saturated carbocycles. The maximum absolute atomic E-state index is 0. The van der Waals surface area contributed by atoms with Gasteiger partial charge in [-0.05, 0) is 0 Å². The molecule has 0 fully saturated rings. The number of halogens is 6. The van der Waals surface area contributed by atoms with Gasteiger partial charge in [0.05, 0.1) is 0 Å². The zero-order valence-electron chi connectivity index (χ0n) is 3.51. The molecular weight excluding hydrogens is 184 g/mol. The third-order valence-electron chi connectivity index (χ3n) is 0. The van der Waals surface area contributed by atoms with E-state index in [1.54, 1.807) is 0 Å². The van der Waals surface area contributed by atoms with E-state index in [0.717, 1.165) is 0 Å². The molecule has 0 aromatic rings. The van der Waals surface area contributed by atoms with Gasteiger partial charge in [-0.1, -0.05) is 0 Å². The van der Waals surface area contributed by atoms with E-state index in [9.17, 15) is 0 Å². The molecule has 3 N–H and O–H groups in total. The topological polar surface area (TPSA) is 35.0 Å². The smallest absolute Gasteiger partial charge is 0 e. The summed E-state index contributed by atoms with van der Waals surface area (Å²) in [6, 6.07) is 0. The van der Waals surface area contributed by atoms with Gasteiger partial charge in [-0.3, -0.25) is 28.2 Å². The van der Waals surface area contributed by atoms with Gasteiger partial charge < -0.3 is 6.15 Å². The van der Waals surface area contributed by atoms with Crippen LogP contribution in [0.25, 0.3) is 0 Å². The summed E-state index contributed by atoms with van der Waals surface area (Å²) < 4.78 is 0. The fourth-order valence-electron chi connectivity index (χ4n) is 0. The first-order valence-electron chi connectivity index (χ1n) is 0. The fraction of sp³-hybridized carbons (Fsp3) is 0. The Labute approximate surface area is 52.5 Å². The van der Waals surface area contributed by atoms with Crippen LogP contribution in [0.3, 0.4) is 0 Å². The van der Waals surface area contributed by atoms with Crippen molar-refractivity contribution < 1.29 is 45.3 Å². The van der Waals surface area contributed by atoms with E-state index in [0.29, 0.717) is 0 Å². The van der Waals surface area contributed by atoms with Gasteiger partial charge in [-0.25, -0.2) is 0 Å². The summed E-state index contributed by atoms with van der Waals surface area (Å²) in [6.07, 6.45) is 0. The van der Waals surface area contributed by atoms with Crippen LogP contribution in [0, 0.1) is 0 Å². The average molecular weight is 193 g/mol. The normalized spacial score (nSPS) is 0. The molecule has 0 radical (unpaired) electrons. The van der Waals surface area contributed by atoms with Crippen LogP contribution in [-0.4, -0.2) is 0 Å². The zero-order chi connectivity index (χ0) is 0. The Morgan fingerprint density at radius 3 is 0.375 bits per heavy atom. The summed E-state index contributed by atoms with van der Waals surface area (Å²) in [5, 5.41) is 0. The molecule has 0 saturated heterocycles. The van der Waals surface area contributed by atoms with Gasteiger partial charge in [-0.2, -0.15) is 0 Å². The first-order valence-corrected chi connectivity index (χ1v) is 0. The van der Waals surface area contributed by atoms with Crippen molar-refractivity contribution in [3.05, 3.63) is 0 Å². The van der Waals surface area contributed by atoms with Crippen molar-refractivity contribution in [3.63, 3.8) is 0 Å². The van der Waals surface area contributed by atoms with Crippen LogP contribution in [0.4, 0.5) is 28.2 Å². The van der Waals surface area contributed by atoms with E-state index < -0.39 is 0 Å². The van der Waals surface area contributed by atoms with Crippen molar-refractivity contribution in [3.8, 4) is 0 Å². The third kappa shape index (κ3) is 43800. The molecule has 0 aliphatic heterocycles. The number of rotatable bonds is 0. The Bertz CT molecular complexity index is 8.49. The quantitative estimate of drug-likeness (QED) is 0.453. The molecule has 0 aromatic carbocycles. The van der Waals surface area contributed by atoms with Crippen LogP contribution < -0.4 is 6.15 Å². The molecule has 0 aromatic heterocycles. The molecule has 0 heterocycles. The molecule has 0 amide bonds. The Hall–Kier alpha value is 0.0595. The Kier molecular flexibility index (Phi) is 1040000000. The molecular formula is H9F6FeN. The third-order valence-corrected chi connectivity index (χ3v) is 0. The van der Waals surface area contributed by atoms with Gasteiger partial charge in [0, 0.05) is 17.1 Å². The standard InChI is InChI=1S/6FH.Fe.H3N/h6*1H;;1H3. The van der Waals surface area contributed by atoms with E-state index >= 15 is 0 Å². The SMILES string of the molecule is F.F.F.F.F.F.N.[Fe]. The number of hydrogen-bond donors (Lipinski definition) is 1. The van der Waals surface area contributed by atoms with Crippen molar-refractivity contribution >= 4 is 0 Å². The minimum absolute atomic E-state index is 0. The summed E-state index contributed by atoms with van der Waals surface area (Å²) in [6.45, 7) is 0. The van der Waals surface area contributed by atoms with Crippen LogP contribution >= 0.6 is 0 Å². The van der Waals surface area contributed by atoms with Crippen LogP contribution in [0.1, 0.15) is 0 Å². The molecule has 0 aliphatic carbocycles. The molecule has 0 unspecified atom stereocenters. The maximum atomic E-state index is 0. The molecule has 0 spiro atoms. The Balaban J connectivity index is 0. The predicted molar refractivity (Wildman–Crippen MR) is 20.0 cm³/mol. The second kappa shape index (κ2) is 73300. The Morgan fingerprint density at radius 2 is 0.375 bits per heavy atom. The van der Waals surface area contributed by atoms with Crippen molar-refractivity contribution in [1.29, 1.82) is 0 Å². The molecule has 0 bridgehead atoms. The summed E-state index contributed by atoms with van der Waals surface area (Å²) in [5.74, 6) is 0. The first kappa shape index (κ1) is 114000. The minimum atomic E-state index is 0. The fourth-order valence-corrected chi connectivity index (χ4v) is 0. The number of hydrogen-bond acceptors (Lipinski definition) is 1. The second-order valence-corrected chi connectivity index (χ2v) is 0. The maximum Gasteiger partial charge on any atom is 0 e. The van der Waals surface area contributed by atoms with E-state index in [-0.39, 0.29) is 51.4 Å². The second-order valence-electron chi connectivity index (χ2n) is 0. The van der Waals surface area contributed by atoms with Crippen molar-refractivity contribution in [2.75, 3.05) is 0 Å². The van der Waals surface area contributed by atoms with Gasteiger partial charge in [0.15, 0.2) is 0 Å². The zero-order valence-corrected chi connectivity index (χ0v) is 4.61. The van der Waals surface area contributed by atoms with Gasteiger partial charge >= 0.3 is 0 Å². The predicted octanol–water partition coefficient (Wildman–Crippen LogP) is 1.07. The monoisotopic (exact) mass is 193 g/mol. The Morgan fingerprint density at radius 1 is 0.375 bits per heavy atom. The summed E-state index contributed by atoms with van der Waals surface area (Å²) in [4.78, 5) is 0. The van der Waals surface area contributed by atoms with E-state index in [2.05, 4.69) is 0 Å². The summed E-state index contributed by atoms with van der Waals surface area (Å²) >= 11 is 0. The summed E-state index contributed by atoms with van der Waals surface area (Å²) in [5.41, 5.74) is 0. The van der Waals surface area contributed by atoms with Gasteiger partial charge in [-0.15, -0.1) is 0 Å². The average Bonchev–Trinajstić information content (AvgIpc) is 0. The van der Waals surface area contributed by atoms with Gasteiger partial charge in [0.1, 0.15) is 0 Å². The molecule has 8 heteroatoms. The molecule has 0 aliphatic rings. The molecule has 64 valence electrons. The molecule has 1 nitrogen and oxygen atoms in total. The van der Waals surface area contributed by atoms with Crippen LogP contribution in [0.15, 0.2) is 0 Å². The van der Waals surface area contributed by atoms with Crippen molar-refractivity contribution in [1.82, 2.24) is 6.15 Å². The van der Waals surface area contributed by atoms with Crippen LogP contribution in [0.5, 0.6) is 0 Å². The van der Waals surface area contributed by atoms with Crippen LogP contribution in [0.2, 0.25) is 0 Å². The molecule has 8 heavy (non-hydrogen) atoms. The van der Waals surface area contributed by atoms with Gasteiger partial charge in [0.2, 0.25) is 0 Å². The molecule has 0 atom stereocenters. The van der Waals surface area contributed by atoms with E-state index in [1.165, 1.54) is 0 Å². The minimum Gasteiger partial charge on any atom is -0.344 e.